The summed E-state index contributed by atoms with van der Waals surface area (Å²) in [5.41, 5.74) is 0.0417. The van der Waals surface area contributed by atoms with Crippen molar-refractivity contribution in [2.75, 3.05) is 49.1 Å². The van der Waals surface area contributed by atoms with Gasteiger partial charge in [-0.3, -0.25) is 14.4 Å². The van der Waals surface area contributed by atoms with Crippen LogP contribution in [0.3, 0.4) is 0 Å². The van der Waals surface area contributed by atoms with Gasteiger partial charge in [-0.1, -0.05) is 0 Å². The Bertz CT molecular complexity index is 524. The Hall–Kier alpha value is 0.0400. The summed E-state index contributed by atoms with van der Waals surface area (Å²) >= 11 is 9.31. The Kier molecular flexibility index (Phi) is 29.4. The van der Waals surface area contributed by atoms with Crippen LogP contribution in [0.2, 0.25) is 0 Å². The monoisotopic (exact) mass is 600 g/mol. The topological polar surface area (TPSA) is 162 Å². The Morgan fingerprint density at radius 3 is 1.11 bits per heavy atom. The first-order valence-electron chi connectivity index (χ1n) is 10.4. The van der Waals surface area contributed by atoms with Crippen LogP contribution in [0.1, 0.15) is 48.5 Å². The molecule has 0 aromatic heterocycles. The average molecular weight is 601 g/mol. The molecule has 0 heterocycles. The smallest absolute Gasteiger partial charge is 0.313 e. The first-order chi connectivity index (χ1) is 15.8. The maximum atomic E-state index is 10.2. The van der Waals surface area contributed by atoms with Crippen molar-refractivity contribution in [3.05, 3.63) is 0 Å². The van der Waals surface area contributed by atoms with Crippen molar-refractivity contribution in [1.29, 1.82) is 0 Å². The highest BCUT2D eigenvalue weighted by molar-refractivity contribution is 8.18. The van der Waals surface area contributed by atoms with Crippen LogP contribution in [0.5, 0.6) is 0 Å². The molecule has 0 unspecified atom stereocenters. The second kappa shape index (κ2) is 24.4. The molecular weight excluding hydrogens is 557 g/mol. The maximum absolute atomic E-state index is 10.2. The molecule has 0 aliphatic heterocycles. The zero-order valence-electron chi connectivity index (χ0n) is 21.9. The van der Waals surface area contributed by atoms with Crippen molar-refractivity contribution >= 4 is 77.6 Å². The number of carboxylic acid groups (broad SMARTS) is 3. The molecule has 0 spiro atoms. The number of ether oxygens (including phenoxy) is 1. The van der Waals surface area contributed by atoms with E-state index in [0.717, 1.165) is 11.5 Å². The number of carboxylic acids is 3. The summed E-state index contributed by atoms with van der Waals surface area (Å²) in [7, 11) is 1.71. The van der Waals surface area contributed by atoms with Gasteiger partial charge >= 0.3 is 17.9 Å². The molecule has 0 atom stereocenters. The van der Waals surface area contributed by atoms with Gasteiger partial charge in [0.1, 0.15) is 0 Å². The molecule has 0 aromatic carbocycles. The highest BCUT2D eigenvalue weighted by Crippen LogP contribution is 2.36. The summed E-state index contributed by atoms with van der Waals surface area (Å²) in [5, 5.41) is 41.6. The SMILES string of the molecule is CC(C)(SCC(=O)O)SCC(=O)O.CC(C)(SCCO)SCCO.COC(C)(C)C.O=C(O)CS. The van der Waals surface area contributed by atoms with Gasteiger partial charge in [0.2, 0.25) is 0 Å². The molecule has 35 heavy (non-hydrogen) atoms. The fourth-order valence-corrected chi connectivity index (χ4v) is 4.77. The van der Waals surface area contributed by atoms with Crippen molar-refractivity contribution in [3.63, 3.8) is 0 Å². The Labute approximate surface area is 232 Å². The van der Waals surface area contributed by atoms with Gasteiger partial charge in [0.05, 0.1) is 44.2 Å². The average Bonchev–Trinajstić information content (AvgIpc) is 2.74. The normalized spacial score (nSPS) is 11.1. The van der Waals surface area contributed by atoms with Gasteiger partial charge in [0.25, 0.3) is 0 Å². The van der Waals surface area contributed by atoms with Crippen LogP contribution in [0, 0.1) is 0 Å². The number of aliphatic carboxylic acids is 3. The molecule has 0 aliphatic rings. The molecule has 0 radical (unpaired) electrons. The molecule has 0 rings (SSSR count). The fraction of sp³-hybridized carbons (Fsp3) is 0.857. The van der Waals surface area contributed by atoms with Crippen LogP contribution in [0.25, 0.3) is 0 Å². The predicted octanol–water partition coefficient (Wildman–Crippen LogP) is 3.96. The van der Waals surface area contributed by atoms with E-state index in [1.54, 1.807) is 30.6 Å². The molecule has 0 saturated heterocycles. The van der Waals surface area contributed by atoms with Gasteiger partial charge in [-0.05, 0) is 48.5 Å². The zero-order chi connectivity index (χ0) is 28.7. The minimum atomic E-state index is -0.881. The lowest BCUT2D eigenvalue weighted by molar-refractivity contribution is -0.134. The lowest BCUT2D eigenvalue weighted by Gasteiger charge is -2.22. The van der Waals surface area contributed by atoms with Crippen LogP contribution in [0.15, 0.2) is 0 Å². The summed E-state index contributed by atoms with van der Waals surface area (Å²) in [6, 6.07) is 0. The minimum Gasteiger partial charge on any atom is -0.481 e. The summed E-state index contributed by atoms with van der Waals surface area (Å²) in [4.78, 5) is 29.8. The van der Waals surface area contributed by atoms with Crippen LogP contribution < -0.4 is 0 Å². The zero-order valence-corrected chi connectivity index (χ0v) is 26.1. The minimum absolute atomic E-state index is 0.000378. The van der Waals surface area contributed by atoms with E-state index in [1.807, 2.05) is 34.6 Å². The first kappa shape index (κ1) is 42.1. The summed E-state index contributed by atoms with van der Waals surface area (Å²) < 4.78 is 4.69. The van der Waals surface area contributed by atoms with Gasteiger partial charge in [0, 0.05) is 18.6 Å². The van der Waals surface area contributed by atoms with Crippen molar-refractivity contribution in [2.45, 2.75) is 62.2 Å². The van der Waals surface area contributed by atoms with Crippen molar-refractivity contribution < 1.29 is 44.7 Å². The summed E-state index contributed by atoms with van der Waals surface area (Å²) in [6.07, 6.45) is 0. The van der Waals surface area contributed by atoms with Crippen molar-refractivity contribution in [2.24, 2.45) is 0 Å². The first-order valence-corrected chi connectivity index (χ1v) is 15.0. The Balaban J connectivity index is -0.000000197. The molecule has 0 bridgehead atoms. The van der Waals surface area contributed by atoms with E-state index < -0.39 is 17.9 Å². The van der Waals surface area contributed by atoms with Crippen molar-refractivity contribution in [1.82, 2.24) is 0 Å². The van der Waals surface area contributed by atoms with Crippen LogP contribution >= 0.6 is 59.7 Å². The number of hydrogen-bond donors (Lipinski definition) is 6. The maximum Gasteiger partial charge on any atom is 0.313 e. The quantitative estimate of drug-likeness (QED) is 0.133. The van der Waals surface area contributed by atoms with E-state index >= 15 is 0 Å². The number of thiol groups is 1. The number of thioether (sulfide) groups is 4. The molecule has 0 saturated carbocycles. The molecule has 9 nitrogen and oxygen atoms in total. The second-order valence-corrected chi connectivity index (χ2v) is 15.6. The second-order valence-electron chi connectivity index (χ2n) is 8.18. The van der Waals surface area contributed by atoms with E-state index in [4.69, 9.17) is 30.3 Å². The van der Waals surface area contributed by atoms with E-state index in [0.29, 0.717) is 0 Å². The largest absolute Gasteiger partial charge is 0.481 e. The molecule has 14 heteroatoms. The fourth-order valence-electron chi connectivity index (χ4n) is 1.14. The lowest BCUT2D eigenvalue weighted by atomic mass is 10.2. The standard InChI is InChI=1S/C7H12O4S2.C7H16O2S2.C5H12O.C2H4O2S/c1-7(2,12-3-5(8)9)13-4-6(10)11;1-7(2,10-5-3-8)11-6-4-9;1-5(2,3)6-4;3-2(4)1-5/h3-4H2,1-2H3,(H,8,9)(H,10,11);8-9H,3-6H2,1-2H3;1-4H3;5H,1H2,(H,3,4). The summed E-state index contributed by atoms with van der Waals surface area (Å²) in [5.74, 6) is -1.19. The van der Waals surface area contributed by atoms with Crippen LogP contribution in [0.4, 0.5) is 0 Å². The summed E-state index contributed by atoms with van der Waals surface area (Å²) in [6.45, 7) is 14.4. The number of aliphatic hydroxyl groups is 2. The Morgan fingerprint density at radius 2 is 0.943 bits per heavy atom. The molecule has 0 fully saturated rings. The number of methoxy groups -OCH3 is 1. The third-order valence-corrected chi connectivity index (χ3v) is 8.94. The van der Waals surface area contributed by atoms with E-state index in [-0.39, 0.29) is 44.2 Å². The van der Waals surface area contributed by atoms with Gasteiger partial charge in [-0.25, -0.2) is 0 Å². The van der Waals surface area contributed by atoms with Gasteiger partial charge < -0.3 is 30.3 Å². The Morgan fingerprint density at radius 1 is 0.686 bits per heavy atom. The lowest BCUT2D eigenvalue weighted by Crippen LogP contribution is -2.16. The van der Waals surface area contributed by atoms with Crippen LogP contribution in [-0.4, -0.2) is 106 Å². The number of hydrogen-bond acceptors (Lipinski definition) is 11. The van der Waals surface area contributed by atoms with Gasteiger partial charge in [-0.15, -0.1) is 47.0 Å². The van der Waals surface area contributed by atoms with Crippen LogP contribution in [-0.2, 0) is 19.1 Å². The molecule has 212 valence electrons. The third kappa shape index (κ3) is 47.8. The molecule has 0 aliphatic carbocycles. The molecular formula is C21H44O9S5. The number of carbonyl (C=O) groups is 3. The van der Waals surface area contributed by atoms with E-state index in [2.05, 4.69) is 26.5 Å². The van der Waals surface area contributed by atoms with E-state index in [9.17, 15) is 14.4 Å². The number of rotatable bonds is 13. The molecule has 0 amide bonds. The van der Waals surface area contributed by atoms with E-state index in [1.165, 1.54) is 23.5 Å². The third-order valence-electron chi connectivity index (χ3n) is 2.92. The molecule has 0 aromatic rings. The highest BCUT2D eigenvalue weighted by atomic mass is 32.2. The number of aliphatic hydroxyl groups excluding tert-OH is 2. The van der Waals surface area contributed by atoms with Gasteiger partial charge in [0.15, 0.2) is 0 Å². The van der Waals surface area contributed by atoms with Crippen molar-refractivity contribution in [3.8, 4) is 0 Å². The highest BCUT2D eigenvalue weighted by Gasteiger charge is 2.21. The molecule has 5 N–H and O–H groups in total. The van der Waals surface area contributed by atoms with Gasteiger partial charge in [-0.2, -0.15) is 12.6 Å². The predicted molar refractivity (Wildman–Crippen MR) is 156 cm³/mol.